The first kappa shape index (κ1) is 16.1. The summed E-state index contributed by atoms with van der Waals surface area (Å²) in [4.78, 5) is 29.9. The zero-order valence-electron chi connectivity index (χ0n) is 13.0. The minimum atomic E-state index is -0.340. The number of aromatic nitrogens is 1. The molecule has 23 heavy (non-hydrogen) atoms. The molecule has 1 amide bonds. The number of nitrogens with one attached hydrogen (secondary N) is 1. The van der Waals surface area contributed by atoms with Gasteiger partial charge in [0.15, 0.2) is 5.13 Å². The Bertz CT molecular complexity index is 736. The second-order valence-electron chi connectivity index (χ2n) is 5.76. The number of esters is 1. The summed E-state index contributed by atoms with van der Waals surface area (Å²) in [6, 6.07) is 2.01. The van der Waals surface area contributed by atoms with Crippen molar-refractivity contribution < 1.29 is 14.3 Å². The molecule has 5 nitrogen and oxygen atoms in total. The monoisotopic (exact) mass is 350 g/mol. The number of fused-ring (bicyclic) bond motifs is 1. The molecule has 1 aliphatic rings. The third kappa shape index (κ3) is 3.79. The number of aryl methyl sites for hydroxylation is 1. The minimum absolute atomic E-state index is 0.119. The van der Waals surface area contributed by atoms with Gasteiger partial charge in [0.25, 0.3) is 5.91 Å². The van der Waals surface area contributed by atoms with Gasteiger partial charge in [-0.15, -0.1) is 22.7 Å². The van der Waals surface area contributed by atoms with Crippen LogP contribution in [0.3, 0.4) is 0 Å². The lowest BCUT2D eigenvalue weighted by atomic mass is 9.90. The molecule has 0 aromatic carbocycles. The number of carbonyl (C=O) groups excluding carboxylic acids is 2. The molecule has 122 valence electrons. The highest BCUT2D eigenvalue weighted by molar-refractivity contribution is 7.15. The molecule has 3 rings (SSSR count). The average molecular weight is 350 g/mol. The van der Waals surface area contributed by atoms with E-state index < -0.39 is 0 Å². The van der Waals surface area contributed by atoms with Gasteiger partial charge >= 0.3 is 5.97 Å². The third-order valence-electron chi connectivity index (χ3n) is 3.88. The first-order chi connectivity index (χ1) is 11.0. The van der Waals surface area contributed by atoms with Crippen LogP contribution >= 0.6 is 22.7 Å². The van der Waals surface area contributed by atoms with Gasteiger partial charge in [-0.25, -0.2) is 4.98 Å². The van der Waals surface area contributed by atoms with Gasteiger partial charge in [-0.05, 0) is 36.8 Å². The molecule has 0 spiro atoms. The van der Waals surface area contributed by atoms with Crippen molar-refractivity contribution in [3.05, 3.63) is 32.5 Å². The summed E-state index contributed by atoms with van der Waals surface area (Å²) in [5.74, 6) is 0.220. The van der Waals surface area contributed by atoms with E-state index in [1.54, 1.807) is 16.7 Å². The molecular formula is C16H18N2O3S2. The summed E-state index contributed by atoms with van der Waals surface area (Å²) in [6.07, 6.45) is 3.43. The van der Waals surface area contributed by atoms with E-state index in [0.29, 0.717) is 16.7 Å². The Kier molecular flexibility index (Phi) is 4.77. The van der Waals surface area contributed by atoms with Gasteiger partial charge in [0, 0.05) is 10.3 Å². The van der Waals surface area contributed by atoms with Gasteiger partial charge in [-0.3, -0.25) is 14.9 Å². The van der Waals surface area contributed by atoms with Crippen molar-refractivity contribution in [1.29, 1.82) is 0 Å². The summed E-state index contributed by atoms with van der Waals surface area (Å²) in [5.41, 5.74) is 1.92. The fourth-order valence-electron chi connectivity index (χ4n) is 2.64. The lowest BCUT2D eigenvalue weighted by Crippen LogP contribution is -2.10. The Labute approximate surface area is 142 Å². The van der Waals surface area contributed by atoms with Crippen LogP contribution in [0.4, 0.5) is 5.13 Å². The maximum Gasteiger partial charge on any atom is 0.311 e. The van der Waals surface area contributed by atoms with Crippen LogP contribution in [0.1, 0.15) is 39.2 Å². The molecule has 0 saturated carbocycles. The topological polar surface area (TPSA) is 68.3 Å². The predicted octanol–water partition coefficient (Wildman–Crippen LogP) is 3.30. The first-order valence-corrected chi connectivity index (χ1v) is 9.19. The third-order valence-corrected chi connectivity index (χ3v) is 5.92. The molecule has 1 atom stereocenters. The van der Waals surface area contributed by atoms with Gasteiger partial charge < -0.3 is 4.74 Å². The van der Waals surface area contributed by atoms with Crippen LogP contribution in [0, 0.1) is 5.92 Å². The Balaban J connectivity index is 1.66. The number of carbonyl (C=O) groups is 2. The summed E-state index contributed by atoms with van der Waals surface area (Å²) in [7, 11) is 1.34. The fourth-order valence-corrected chi connectivity index (χ4v) is 4.45. The van der Waals surface area contributed by atoms with E-state index in [4.69, 9.17) is 0 Å². The molecular weight excluding hydrogens is 332 g/mol. The van der Waals surface area contributed by atoms with Crippen LogP contribution in [-0.4, -0.2) is 24.0 Å². The Morgan fingerprint density at radius 3 is 3.09 bits per heavy atom. The van der Waals surface area contributed by atoms with Gasteiger partial charge in [-0.1, -0.05) is 6.92 Å². The van der Waals surface area contributed by atoms with E-state index in [2.05, 4.69) is 22.0 Å². The van der Waals surface area contributed by atoms with E-state index in [-0.39, 0.29) is 18.3 Å². The van der Waals surface area contributed by atoms with E-state index >= 15 is 0 Å². The number of ether oxygens (including phenoxy) is 1. The first-order valence-electron chi connectivity index (χ1n) is 7.49. The highest BCUT2D eigenvalue weighted by atomic mass is 32.1. The molecule has 0 saturated heterocycles. The van der Waals surface area contributed by atoms with Crippen molar-refractivity contribution in [2.45, 2.75) is 32.6 Å². The fraction of sp³-hybridized carbons (Fsp3) is 0.438. The average Bonchev–Trinajstić information content (AvgIpc) is 3.13. The molecule has 0 fully saturated rings. The van der Waals surface area contributed by atoms with Gasteiger partial charge in [-0.2, -0.15) is 0 Å². The maximum absolute atomic E-state index is 12.4. The van der Waals surface area contributed by atoms with Crippen LogP contribution in [0.2, 0.25) is 0 Å². The van der Waals surface area contributed by atoms with Crippen molar-refractivity contribution in [2.24, 2.45) is 5.92 Å². The number of nitrogens with zero attached hydrogens (tertiary/aromatic N) is 1. The molecule has 1 aliphatic carbocycles. The molecule has 0 radical (unpaired) electrons. The van der Waals surface area contributed by atoms with Crippen LogP contribution < -0.4 is 5.32 Å². The van der Waals surface area contributed by atoms with Crippen molar-refractivity contribution in [3.63, 3.8) is 0 Å². The van der Waals surface area contributed by atoms with Crippen LogP contribution in [0.25, 0.3) is 0 Å². The van der Waals surface area contributed by atoms with Crippen LogP contribution in [-0.2, 0) is 28.8 Å². The number of methoxy groups -OCH3 is 1. The molecule has 2 aromatic rings. The molecule has 2 aromatic heterocycles. The van der Waals surface area contributed by atoms with Crippen molar-refractivity contribution in [3.8, 4) is 0 Å². The molecule has 0 bridgehead atoms. The number of thiophene rings is 1. The smallest absolute Gasteiger partial charge is 0.311 e. The molecule has 7 heteroatoms. The number of anilines is 1. The Hall–Kier alpha value is -1.73. The van der Waals surface area contributed by atoms with E-state index in [9.17, 15) is 9.59 Å². The van der Waals surface area contributed by atoms with E-state index in [0.717, 1.165) is 17.7 Å². The molecule has 2 heterocycles. The Morgan fingerprint density at radius 2 is 2.30 bits per heavy atom. The van der Waals surface area contributed by atoms with Crippen molar-refractivity contribution in [1.82, 2.24) is 4.98 Å². The number of thiazole rings is 1. The second-order valence-corrected chi connectivity index (χ2v) is 7.75. The zero-order valence-corrected chi connectivity index (χ0v) is 14.7. The Morgan fingerprint density at radius 1 is 1.48 bits per heavy atom. The number of rotatable bonds is 4. The lowest BCUT2D eigenvalue weighted by molar-refractivity contribution is -0.139. The van der Waals surface area contributed by atoms with Gasteiger partial charge in [0.2, 0.25) is 0 Å². The predicted molar refractivity (Wildman–Crippen MR) is 91.3 cm³/mol. The normalized spacial score (nSPS) is 16.7. The van der Waals surface area contributed by atoms with Gasteiger partial charge in [0.1, 0.15) is 0 Å². The van der Waals surface area contributed by atoms with Gasteiger partial charge in [0.05, 0.1) is 24.1 Å². The minimum Gasteiger partial charge on any atom is -0.469 e. The highest BCUT2D eigenvalue weighted by Gasteiger charge is 2.21. The van der Waals surface area contributed by atoms with Crippen molar-refractivity contribution >= 4 is 39.7 Å². The summed E-state index contributed by atoms with van der Waals surface area (Å²) in [5, 5.41) is 5.08. The SMILES string of the molecule is COC(=O)Cc1csc(NC(=O)c2cc3c(s2)CCC(C)C3)n1. The zero-order chi connectivity index (χ0) is 16.4. The summed E-state index contributed by atoms with van der Waals surface area (Å²) >= 11 is 2.89. The van der Waals surface area contributed by atoms with E-state index in [1.807, 2.05) is 6.07 Å². The van der Waals surface area contributed by atoms with Crippen molar-refractivity contribution in [2.75, 3.05) is 12.4 Å². The number of hydrogen-bond donors (Lipinski definition) is 1. The number of hydrogen-bond acceptors (Lipinski definition) is 6. The summed E-state index contributed by atoms with van der Waals surface area (Å²) < 4.78 is 4.61. The molecule has 0 aliphatic heterocycles. The standard InChI is InChI=1S/C16H18N2O3S2/c1-9-3-4-12-10(5-9)6-13(23-12)15(20)18-16-17-11(8-22-16)7-14(19)21-2/h6,8-9H,3-5,7H2,1-2H3,(H,17,18,20). The summed E-state index contributed by atoms with van der Waals surface area (Å²) in [6.45, 7) is 2.25. The molecule has 1 unspecified atom stereocenters. The van der Waals surface area contributed by atoms with E-state index in [1.165, 1.54) is 35.3 Å². The van der Waals surface area contributed by atoms with Crippen LogP contribution in [0.15, 0.2) is 11.4 Å². The second kappa shape index (κ2) is 6.80. The van der Waals surface area contributed by atoms with Crippen LogP contribution in [0.5, 0.6) is 0 Å². The maximum atomic E-state index is 12.4. The quantitative estimate of drug-likeness (QED) is 0.859. The number of amides is 1. The largest absolute Gasteiger partial charge is 0.469 e. The lowest BCUT2D eigenvalue weighted by Gasteiger charge is -2.16. The molecule has 1 N–H and O–H groups in total. The highest BCUT2D eigenvalue weighted by Crippen LogP contribution is 2.32.